The first-order valence-corrected chi connectivity index (χ1v) is 5.88. The molecule has 1 atom stereocenters. The number of nitrogens with two attached hydrogens (primary N) is 1. The van der Waals surface area contributed by atoms with Gasteiger partial charge in [0.25, 0.3) is 0 Å². The third-order valence-corrected chi connectivity index (χ3v) is 3.19. The summed E-state index contributed by atoms with van der Waals surface area (Å²) in [5.74, 6) is 0.908. The molecule has 0 aliphatic rings. The normalized spacial score (nSPS) is 13.2. The van der Waals surface area contributed by atoms with Crippen molar-refractivity contribution < 1.29 is 4.42 Å². The molecule has 1 aromatic carbocycles. The number of benzene rings is 1. The van der Waals surface area contributed by atoms with E-state index in [9.17, 15) is 0 Å². The topological polar surface area (TPSA) is 39.2 Å². The summed E-state index contributed by atoms with van der Waals surface area (Å²) >= 11 is 0. The maximum atomic E-state index is 6.06. The van der Waals surface area contributed by atoms with Gasteiger partial charge in [-0.1, -0.05) is 25.5 Å². The lowest BCUT2D eigenvalue weighted by Crippen LogP contribution is -2.08. The molecular formula is C14H19NO. The minimum Gasteiger partial charge on any atom is -0.459 e. The van der Waals surface area contributed by atoms with E-state index in [1.165, 1.54) is 11.1 Å². The smallest absolute Gasteiger partial charge is 0.137 e. The van der Waals surface area contributed by atoms with Gasteiger partial charge in [0.15, 0.2) is 0 Å². The molecule has 0 aliphatic carbocycles. The second kappa shape index (κ2) is 4.30. The first-order chi connectivity index (χ1) is 7.63. The molecule has 86 valence electrons. The molecule has 0 fully saturated rings. The van der Waals surface area contributed by atoms with Crippen LogP contribution in [0.2, 0.25) is 0 Å². The molecule has 0 saturated carbocycles. The summed E-state index contributed by atoms with van der Waals surface area (Å²) < 4.78 is 5.87. The van der Waals surface area contributed by atoms with Gasteiger partial charge in [-0.2, -0.15) is 0 Å². The van der Waals surface area contributed by atoms with Crippen molar-refractivity contribution >= 4 is 11.0 Å². The molecular weight excluding hydrogens is 198 g/mol. The van der Waals surface area contributed by atoms with Gasteiger partial charge >= 0.3 is 0 Å². The van der Waals surface area contributed by atoms with E-state index in [1.54, 1.807) is 0 Å². The molecule has 2 N–H and O–H groups in total. The van der Waals surface area contributed by atoms with Crippen molar-refractivity contribution in [2.24, 2.45) is 5.73 Å². The fourth-order valence-electron chi connectivity index (χ4n) is 2.00. The van der Waals surface area contributed by atoms with Gasteiger partial charge in [0.05, 0.1) is 6.04 Å². The lowest BCUT2D eigenvalue weighted by Gasteiger charge is -2.05. The lowest BCUT2D eigenvalue weighted by molar-refractivity contribution is 0.474. The van der Waals surface area contributed by atoms with E-state index in [2.05, 4.69) is 39.0 Å². The van der Waals surface area contributed by atoms with Crippen molar-refractivity contribution in [3.63, 3.8) is 0 Å². The van der Waals surface area contributed by atoms with E-state index in [0.717, 1.165) is 29.6 Å². The summed E-state index contributed by atoms with van der Waals surface area (Å²) in [4.78, 5) is 0. The zero-order valence-electron chi connectivity index (χ0n) is 10.2. The summed E-state index contributed by atoms with van der Waals surface area (Å²) in [6, 6.07) is 6.32. The maximum Gasteiger partial charge on any atom is 0.137 e. The maximum absolute atomic E-state index is 6.06. The van der Waals surface area contributed by atoms with Crippen LogP contribution < -0.4 is 5.73 Å². The molecule has 2 nitrogen and oxygen atoms in total. The summed E-state index contributed by atoms with van der Waals surface area (Å²) in [5.41, 5.74) is 9.53. The second-order valence-corrected chi connectivity index (χ2v) is 4.47. The van der Waals surface area contributed by atoms with Gasteiger partial charge in [-0.05, 0) is 37.5 Å². The first-order valence-electron chi connectivity index (χ1n) is 5.88. The Balaban J connectivity index is 2.48. The largest absolute Gasteiger partial charge is 0.459 e. The Bertz CT molecular complexity index is 499. The van der Waals surface area contributed by atoms with Gasteiger partial charge in [0.2, 0.25) is 0 Å². The molecule has 0 bridgehead atoms. The molecule has 0 radical (unpaired) electrons. The molecule has 0 aliphatic heterocycles. The van der Waals surface area contributed by atoms with Gasteiger partial charge in [-0.15, -0.1) is 0 Å². The van der Waals surface area contributed by atoms with Crippen molar-refractivity contribution in [1.82, 2.24) is 0 Å². The predicted octanol–water partition coefficient (Wildman–Crippen LogP) is 3.85. The summed E-state index contributed by atoms with van der Waals surface area (Å²) in [6.45, 7) is 6.33. The summed E-state index contributed by atoms with van der Waals surface area (Å²) in [7, 11) is 0. The third-order valence-electron chi connectivity index (χ3n) is 3.19. The van der Waals surface area contributed by atoms with Crippen LogP contribution in [-0.2, 0) is 0 Å². The monoisotopic (exact) mass is 217 g/mol. The van der Waals surface area contributed by atoms with E-state index < -0.39 is 0 Å². The van der Waals surface area contributed by atoms with Crippen LogP contribution >= 0.6 is 0 Å². The Kier molecular flexibility index (Phi) is 3.01. The minimum absolute atomic E-state index is 0.0251. The fraction of sp³-hybridized carbons (Fsp3) is 0.429. The number of aryl methyl sites for hydroxylation is 2. The van der Waals surface area contributed by atoms with E-state index in [1.807, 2.05) is 0 Å². The minimum atomic E-state index is 0.0251. The highest BCUT2D eigenvalue weighted by atomic mass is 16.3. The molecule has 1 heterocycles. The number of hydrogen-bond acceptors (Lipinski definition) is 2. The number of furan rings is 1. The zero-order valence-corrected chi connectivity index (χ0v) is 10.2. The van der Waals surface area contributed by atoms with Crippen LogP contribution in [0.15, 0.2) is 22.6 Å². The first kappa shape index (κ1) is 11.2. The highest BCUT2D eigenvalue weighted by molar-refractivity contribution is 5.82. The van der Waals surface area contributed by atoms with Crippen LogP contribution in [-0.4, -0.2) is 0 Å². The molecule has 2 rings (SSSR count). The Morgan fingerprint density at radius 2 is 2.06 bits per heavy atom. The van der Waals surface area contributed by atoms with Gasteiger partial charge in [-0.25, -0.2) is 0 Å². The van der Waals surface area contributed by atoms with Crippen LogP contribution in [0.4, 0.5) is 0 Å². The van der Waals surface area contributed by atoms with E-state index in [4.69, 9.17) is 10.2 Å². The van der Waals surface area contributed by atoms with Crippen molar-refractivity contribution in [2.75, 3.05) is 0 Å². The molecule has 0 spiro atoms. The second-order valence-electron chi connectivity index (χ2n) is 4.47. The van der Waals surface area contributed by atoms with Crippen LogP contribution in [0, 0.1) is 13.8 Å². The van der Waals surface area contributed by atoms with Crippen LogP contribution in [0.25, 0.3) is 11.0 Å². The average molecular weight is 217 g/mol. The summed E-state index contributed by atoms with van der Waals surface area (Å²) in [6.07, 6.45) is 2.05. The molecule has 0 amide bonds. The lowest BCUT2D eigenvalue weighted by atomic mass is 10.1. The van der Waals surface area contributed by atoms with Crippen molar-refractivity contribution in [1.29, 1.82) is 0 Å². The zero-order chi connectivity index (χ0) is 11.7. The standard InChI is InChI=1S/C14H19NO/c1-4-5-12(15)13-8-11-7-6-9(2)10(3)14(11)16-13/h6-8,12H,4-5,15H2,1-3H3. The Morgan fingerprint density at radius 3 is 2.75 bits per heavy atom. The Hall–Kier alpha value is -1.28. The summed E-state index contributed by atoms with van der Waals surface area (Å²) in [5, 5.41) is 1.16. The van der Waals surface area contributed by atoms with E-state index in [0.29, 0.717) is 0 Å². The number of rotatable bonds is 3. The van der Waals surface area contributed by atoms with Crippen molar-refractivity contribution in [2.45, 2.75) is 39.7 Å². The number of fused-ring (bicyclic) bond motifs is 1. The highest BCUT2D eigenvalue weighted by Gasteiger charge is 2.12. The van der Waals surface area contributed by atoms with Gasteiger partial charge in [0.1, 0.15) is 11.3 Å². The quantitative estimate of drug-likeness (QED) is 0.848. The van der Waals surface area contributed by atoms with Crippen LogP contribution in [0.1, 0.15) is 42.7 Å². The van der Waals surface area contributed by atoms with Crippen LogP contribution in [0.5, 0.6) is 0 Å². The van der Waals surface area contributed by atoms with Crippen molar-refractivity contribution in [3.05, 3.63) is 35.1 Å². The molecule has 2 aromatic rings. The number of hydrogen-bond donors (Lipinski definition) is 1. The van der Waals surface area contributed by atoms with Gasteiger partial charge < -0.3 is 10.2 Å². The molecule has 2 heteroatoms. The van der Waals surface area contributed by atoms with E-state index in [-0.39, 0.29) is 6.04 Å². The fourth-order valence-corrected chi connectivity index (χ4v) is 2.00. The van der Waals surface area contributed by atoms with Crippen molar-refractivity contribution in [3.8, 4) is 0 Å². The highest BCUT2D eigenvalue weighted by Crippen LogP contribution is 2.28. The SMILES string of the molecule is CCCC(N)c1cc2ccc(C)c(C)c2o1. The molecule has 1 aromatic heterocycles. The molecule has 1 unspecified atom stereocenters. The Labute approximate surface area is 96.4 Å². The molecule has 16 heavy (non-hydrogen) atoms. The van der Waals surface area contributed by atoms with Gasteiger partial charge in [0, 0.05) is 5.39 Å². The molecule has 0 saturated heterocycles. The van der Waals surface area contributed by atoms with E-state index >= 15 is 0 Å². The van der Waals surface area contributed by atoms with Crippen LogP contribution in [0.3, 0.4) is 0 Å². The average Bonchev–Trinajstić information content (AvgIpc) is 2.69. The third kappa shape index (κ3) is 1.85. The Morgan fingerprint density at radius 1 is 1.31 bits per heavy atom. The van der Waals surface area contributed by atoms with Gasteiger partial charge in [-0.3, -0.25) is 0 Å². The predicted molar refractivity (Wildman–Crippen MR) is 67.5 cm³/mol.